The summed E-state index contributed by atoms with van der Waals surface area (Å²) in [4.78, 5) is 0. The molecule has 66 valence electrons. The second kappa shape index (κ2) is 3.90. The van der Waals surface area contributed by atoms with E-state index in [0.29, 0.717) is 0 Å². The summed E-state index contributed by atoms with van der Waals surface area (Å²) >= 11 is 5.39. The number of rotatable bonds is 1. The molecule has 0 aromatic carbocycles. The molecule has 0 aliphatic carbocycles. The van der Waals surface area contributed by atoms with Gasteiger partial charge in [-0.2, -0.15) is 0 Å². The number of hydrogen-bond acceptors (Lipinski definition) is 2. The normalized spacial score (nSPS) is 19.8. The molecule has 1 aromatic rings. The summed E-state index contributed by atoms with van der Waals surface area (Å²) in [5.74, 6) is 0.784. The van der Waals surface area contributed by atoms with Crippen LogP contribution in [0.25, 0.3) is 0 Å². The molecule has 0 saturated carbocycles. The molecule has 0 radical (unpaired) electrons. The fourth-order valence-electron chi connectivity index (χ4n) is 1.73. The fraction of sp³-hybridized carbons (Fsp3) is 0.556. The zero-order chi connectivity index (χ0) is 8.39. The molecule has 0 bridgehead atoms. The monoisotopic (exact) mass is 245 g/mol. The lowest BCUT2D eigenvalue weighted by Crippen LogP contribution is -2.26. The lowest BCUT2D eigenvalue weighted by molar-refractivity contribution is 0.460. The maximum Gasteiger partial charge on any atom is 0.0733 e. The zero-order valence-electron chi connectivity index (χ0n) is 6.85. The largest absolute Gasteiger partial charge is 0.317 e. The quantitative estimate of drug-likeness (QED) is 0.803. The number of piperidine rings is 1. The van der Waals surface area contributed by atoms with Gasteiger partial charge < -0.3 is 5.32 Å². The van der Waals surface area contributed by atoms with Crippen molar-refractivity contribution in [3.8, 4) is 0 Å². The van der Waals surface area contributed by atoms with E-state index >= 15 is 0 Å². The van der Waals surface area contributed by atoms with Crippen LogP contribution in [0, 0.1) is 0 Å². The van der Waals surface area contributed by atoms with E-state index in [0.717, 1.165) is 5.92 Å². The molecule has 2 rings (SSSR count). The van der Waals surface area contributed by atoms with E-state index in [-0.39, 0.29) is 0 Å². The van der Waals surface area contributed by atoms with Crippen LogP contribution in [0.3, 0.4) is 0 Å². The topological polar surface area (TPSA) is 12.0 Å². The SMILES string of the molecule is Brc1sccc1C1CCNCC1. The molecule has 1 fully saturated rings. The van der Waals surface area contributed by atoms with Gasteiger partial charge in [-0.1, -0.05) is 0 Å². The van der Waals surface area contributed by atoms with Crippen LogP contribution in [0.5, 0.6) is 0 Å². The van der Waals surface area contributed by atoms with Gasteiger partial charge in [-0.25, -0.2) is 0 Å². The molecule has 0 atom stereocenters. The van der Waals surface area contributed by atoms with Crippen molar-refractivity contribution in [1.82, 2.24) is 5.32 Å². The van der Waals surface area contributed by atoms with E-state index < -0.39 is 0 Å². The first-order valence-corrected chi connectivity index (χ1v) is 5.99. The van der Waals surface area contributed by atoms with Crippen LogP contribution < -0.4 is 5.32 Å². The second-order valence-corrected chi connectivity index (χ2v) is 5.41. The third-order valence-electron chi connectivity index (χ3n) is 2.43. The molecular weight excluding hydrogens is 234 g/mol. The Morgan fingerprint density at radius 1 is 1.42 bits per heavy atom. The van der Waals surface area contributed by atoms with Gasteiger partial charge >= 0.3 is 0 Å². The molecule has 0 amide bonds. The Bertz CT molecular complexity index is 253. The van der Waals surface area contributed by atoms with Gasteiger partial charge in [0, 0.05) is 0 Å². The summed E-state index contributed by atoms with van der Waals surface area (Å²) < 4.78 is 1.33. The van der Waals surface area contributed by atoms with Crippen LogP contribution in [-0.2, 0) is 0 Å². The summed E-state index contributed by atoms with van der Waals surface area (Å²) in [5.41, 5.74) is 1.52. The van der Waals surface area contributed by atoms with Gasteiger partial charge in [0.05, 0.1) is 3.79 Å². The Morgan fingerprint density at radius 2 is 2.17 bits per heavy atom. The van der Waals surface area contributed by atoms with E-state index in [4.69, 9.17) is 0 Å². The molecule has 0 spiro atoms. The summed E-state index contributed by atoms with van der Waals surface area (Å²) in [5, 5.41) is 5.55. The van der Waals surface area contributed by atoms with E-state index in [9.17, 15) is 0 Å². The average Bonchev–Trinajstić information content (AvgIpc) is 2.53. The Balaban J connectivity index is 2.13. The third-order valence-corrected chi connectivity index (χ3v) is 4.16. The molecule has 1 nitrogen and oxygen atoms in total. The van der Waals surface area contributed by atoms with Crippen LogP contribution >= 0.6 is 27.3 Å². The van der Waals surface area contributed by atoms with E-state index in [1.807, 2.05) is 0 Å². The Labute approximate surface area is 85.3 Å². The first-order chi connectivity index (χ1) is 5.88. The van der Waals surface area contributed by atoms with Crippen molar-refractivity contribution in [2.24, 2.45) is 0 Å². The minimum Gasteiger partial charge on any atom is -0.317 e. The first kappa shape index (κ1) is 8.73. The van der Waals surface area contributed by atoms with E-state index in [2.05, 4.69) is 32.7 Å². The average molecular weight is 246 g/mol. The van der Waals surface area contributed by atoms with Crippen molar-refractivity contribution in [3.05, 3.63) is 20.8 Å². The van der Waals surface area contributed by atoms with Crippen molar-refractivity contribution in [2.45, 2.75) is 18.8 Å². The molecule has 2 heterocycles. The minimum absolute atomic E-state index is 0.784. The highest BCUT2D eigenvalue weighted by molar-refractivity contribution is 9.11. The Morgan fingerprint density at radius 3 is 2.75 bits per heavy atom. The molecule has 1 aliphatic heterocycles. The second-order valence-electron chi connectivity index (χ2n) is 3.17. The zero-order valence-corrected chi connectivity index (χ0v) is 9.25. The van der Waals surface area contributed by atoms with Crippen LogP contribution in [-0.4, -0.2) is 13.1 Å². The van der Waals surface area contributed by atoms with Crippen LogP contribution in [0.4, 0.5) is 0 Å². The van der Waals surface area contributed by atoms with Crippen LogP contribution in [0.2, 0.25) is 0 Å². The summed E-state index contributed by atoms with van der Waals surface area (Å²) in [6.45, 7) is 2.35. The van der Waals surface area contributed by atoms with Crippen molar-refractivity contribution in [2.75, 3.05) is 13.1 Å². The van der Waals surface area contributed by atoms with Gasteiger partial charge in [-0.15, -0.1) is 11.3 Å². The molecule has 12 heavy (non-hydrogen) atoms. The minimum atomic E-state index is 0.784. The molecular formula is C9H12BrNS. The van der Waals surface area contributed by atoms with Crippen molar-refractivity contribution >= 4 is 27.3 Å². The van der Waals surface area contributed by atoms with Gasteiger partial charge in [0.25, 0.3) is 0 Å². The van der Waals surface area contributed by atoms with Crippen molar-refractivity contribution in [3.63, 3.8) is 0 Å². The summed E-state index contributed by atoms with van der Waals surface area (Å²) in [6, 6.07) is 2.25. The van der Waals surface area contributed by atoms with Crippen molar-refractivity contribution in [1.29, 1.82) is 0 Å². The highest BCUT2D eigenvalue weighted by Crippen LogP contribution is 2.34. The van der Waals surface area contributed by atoms with Gasteiger partial charge in [0.2, 0.25) is 0 Å². The molecule has 3 heteroatoms. The van der Waals surface area contributed by atoms with E-state index in [1.165, 1.54) is 35.3 Å². The standard InChI is InChI=1S/C9H12BrNS/c10-9-8(3-6-12-9)7-1-4-11-5-2-7/h3,6-7,11H,1-2,4-5H2. The predicted molar refractivity (Wildman–Crippen MR) is 56.9 cm³/mol. The number of halogens is 1. The van der Waals surface area contributed by atoms with Gasteiger partial charge in [-0.3, -0.25) is 0 Å². The predicted octanol–water partition coefficient (Wildman–Crippen LogP) is 2.98. The number of nitrogens with one attached hydrogen (secondary N) is 1. The summed E-state index contributed by atoms with van der Waals surface area (Å²) in [7, 11) is 0. The highest BCUT2D eigenvalue weighted by Gasteiger charge is 2.17. The van der Waals surface area contributed by atoms with Crippen molar-refractivity contribution < 1.29 is 0 Å². The highest BCUT2D eigenvalue weighted by atomic mass is 79.9. The summed E-state index contributed by atoms with van der Waals surface area (Å²) in [6.07, 6.45) is 2.57. The smallest absolute Gasteiger partial charge is 0.0733 e. The van der Waals surface area contributed by atoms with E-state index in [1.54, 1.807) is 11.3 Å². The van der Waals surface area contributed by atoms with Crippen LogP contribution in [0.15, 0.2) is 15.2 Å². The molecule has 1 saturated heterocycles. The van der Waals surface area contributed by atoms with Gasteiger partial charge in [0.15, 0.2) is 0 Å². The number of hydrogen-bond donors (Lipinski definition) is 1. The molecule has 1 N–H and O–H groups in total. The Kier molecular flexibility index (Phi) is 2.84. The fourth-order valence-corrected chi connectivity index (χ4v) is 3.21. The maximum absolute atomic E-state index is 3.60. The van der Waals surface area contributed by atoms with Crippen LogP contribution in [0.1, 0.15) is 24.3 Å². The third kappa shape index (κ3) is 1.73. The molecule has 0 unspecified atom stereocenters. The molecule has 1 aliphatic rings. The maximum atomic E-state index is 3.60. The lowest BCUT2D eigenvalue weighted by Gasteiger charge is -2.22. The number of thiophene rings is 1. The molecule has 1 aromatic heterocycles. The van der Waals surface area contributed by atoms with Gasteiger partial charge in [0.1, 0.15) is 0 Å². The Hall–Kier alpha value is 0.140. The van der Waals surface area contributed by atoms with Gasteiger partial charge in [-0.05, 0) is 64.8 Å². The first-order valence-electron chi connectivity index (χ1n) is 4.31. The lowest BCUT2D eigenvalue weighted by atomic mass is 9.92.